The van der Waals surface area contributed by atoms with Crippen molar-refractivity contribution >= 4 is 0 Å². The first-order chi connectivity index (χ1) is 10.2. The molecule has 1 aromatic rings. The third-order valence-electron chi connectivity index (χ3n) is 4.64. The summed E-state index contributed by atoms with van der Waals surface area (Å²) in [6, 6.07) is 7.33. The second-order valence-corrected chi connectivity index (χ2v) is 6.32. The van der Waals surface area contributed by atoms with Gasteiger partial charge >= 0.3 is 0 Å². The van der Waals surface area contributed by atoms with E-state index in [-0.39, 0.29) is 0 Å². The zero-order valence-corrected chi connectivity index (χ0v) is 13.0. The molecule has 0 aromatic heterocycles. The van der Waals surface area contributed by atoms with Crippen molar-refractivity contribution in [2.45, 2.75) is 38.8 Å². The van der Waals surface area contributed by atoms with E-state index in [2.05, 4.69) is 36.9 Å². The van der Waals surface area contributed by atoms with Crippen molar-refractivity contribution in [1.82, 2.24) is 4.90 Å². The molecule has 21 heavy (non-hydrogen) atoms. The fraction of sp³-hybridized carbons (Fsp3) is 0.647. The van der Waals surface area contributed by atoms with E-state index >= 15 is 0 Å². The van der Waals surface area contributed by atoms with E-state index in [4.69, 9.17) is 15.2 Å². The minimum Gasteiger partial charge on any atom is -0.490 e. The molecule has 1 aromatic carbocycles. The van der Waals surface area contributed by atoms with Crippen molar-refractivity contribution in [3.63, 3.8) is 0 Å². The van der Waals surface area contributed by atoms with E-state index in [1.807, 2.05) is 0 Å². The Hall–Kier alpha value is -1.26. The Labute approximate surface area is 127 Å². The van der Waals surface area contributed by atoms with Gasteiger partial charge in [-0.3, -0.25) is 4.90 Å². The second kappa shape index (κ2) is 6.24. The molecule has 2 aliphatic rings. The molecule has 0 aliphatic carbocycles. The van der Waals surface area contributed by atoms with Crippen LogP contribution < -0.4 is 15.2 Å². The summed E-state index contributed by atoms with van der Waals surface area (Å²) in [4.78, 5) is 2.55. The summed E-state index contributed by atoms with van der Waals surface area (Å²) in [5.74, 6) is 2.28. The Bertz CT molecular complexity index is 490. The molecule has 4 heteroatoms. The van der Waals surface area contributed by atoms with Crippen LogP contribution in [0.15, 0.2) is 18.2 Å². The van der Waals surface area contributed by atoms with E-state index < -0.39 is 0 Å². The molecular weight excluding hydrogens is 264 g/mol. The molecule has 4 nitrogen and oxygen atoms in total. The average molecular weight is 290 g/mol. The average Bonchev–Trinajstić information content (AvgIpc) is 2.78. The lowest BCUT2D eigenvalue weighted by molar-refractivity contribution is 0.184. The maximum absolute atomic E-state index is 6.00. The topological polar surface area (TPSA) is 47.7 Å². The highest BCUT2D eigenvalue weighted by molar-refractivity contribution is 5.44. The quantitative estimate of drug-likeness (QED) is 0.929. The Morgan fingerprint density at radius 3 is 2.71 bits per heavy atom. The predicted molar refractivity (Wildman–Crippen MR) is 83.8 cm³/mol. The molecule has 0 bridgehead atoms. The van der Waals surface area contributed by atoms with Crippen LogP contribution in [0, 0.1) is 5.92 Å². The van der Waals surface area contributed by atoms with Crippen molar-refractivity contribution in [3.05, 3.63) is 23.8 Å². The van der Waals surface area contributed by atoms with Gasteiger partial charge in [0.05, 0.1) is 13.2 Å². The lowest BCUT2D eigenvalue weighted by Crippen LogP contribution is -2.33. The van der Waals surface area contributed by atoms with Crippen LogP contribution in [0.25, 0.3) is 0 Å². The van der Waals surface area contributed by atoms with E-state index in [1.165, 1.54) is 12.0 Å². The van der Waals surface area contributed by atoms with E-state index in [9.17, 15) is 0 Å². The van der Waals surface area contributed by atoms with Crippen LogP contribution in [0.2, 0.25) is 0 Å². The van der Waals surface area contributed by atoms with Gasteiger partial charge < -0.3 is 15.2 Å². The van der Waals surface area contributed by atoms with Gasteiger partial charge in [0, 0.05) is 18.5 Å². The summed E-state index contributed by atoms with van der Waals surface area (Å²) in [6.45, 7) is 7.85. The van der Waals surface area contributed by atoms with Gasteiger partial charge in [-0.15, -0.1) is 0 Å². The number of ether oxygens (including phenoxy) is 2. The van der Waals surface area contributed by atoms with E-state index in [1.54, 1.807) is 0 Å². The van der Waals surface area contributed by atoms with Crippen LogP contribution in [0.1, 0.15) is 38.3 Å². The number of hydrogen-bond acceptors (Lipinski definition) is 4. The largest absolute Gasteiger partial charge is 0.490 e. The fourth-order valence-electron chi connectivity index (χ4n) is 3.54. The number of rotatable bonds is 3. The third kappa shape index (κ3) is 2.87. The molecule has 2 N–H and O–H groups in total. The Balaban J connectivity index is 1.92. The molecule has 3 rings (SSSR count). The summed E-state index contributed by atoms with van der Waals surface area (Å²) < 4.78 is 11.6. The number of hydrogen-bond donors (Lipinski definition) is 1. The number of nitrogens with two attached hydrogens (primary N) is 1. The first-order valence-corrected chi connectivity index (χ1v) is 8.06. The van der Waals surface area contributed by atoms with Crippen molar-refractivity contribution in [3.8, 4) is 11.5 Å². The highest BCUT2D eigenvalue weighted by Gasteiger charge is 2.36. The lowest BCUT2D eigenvalue weighted by atomic mass is 9.93. The zero-order valence-electron chi connectivity index (χ0n) is 13.0. The van der Waals surface area contributed by atoms with Gasteiger partial charge in [-0.2, -0.15) is 0 Å². The van der Waals surface area contributed by atoms with Crippen LogP contribution >= 0.6 is 0 Å². The molecular formula is C17H26N2O2. The minimum atomic E-state index is 0.396. The minimum absolute atomic E-state index is 0.396. The molecule has 0 radical (unpaired) electrons. The van der Waals surface area contributed by atoms with Crippen molar-refractivity contribution in [2.24, 2.45) is 11.7 Å². The number of likely N-dealkylation sites (tertiary alicyclic amines) is 1. The number of nitrogens with zero attached hydrogens (tertiary/aromatic N) is 1. The third-order valence-corrected chi connectivity index (χ3v) is 4.64. The molecule has 2 unspecified atom stereocenters. The van der Waals surface area contributed by atoms with Crippen molar-refractivity contribution < 1.29 is 9.47 Å². The van der Waals surface area contributed by atoms with Gasteiger partial charge in [-0.05, 0) is 57.0 Å². The maximum Gasteiger partial charge on any atom is 0.161 e. The SMILES string of the molecule is CC(C)N1CCC(CN)C1c1ccc2c(c1)OCCCO2. The smallest absolute Gasteiger partial charge is 0.161 e. The predicted octanol–water partition coefficient (Wildman–Crippen LogP) is 2.58. The van der Waals surface area contributed by atoms with Crippen LogP contribution in [0.3, 0.4) is 0 Å². The Kier molecular flexibility index (Phi) is 4.36. The number of benzene rings is 1. The first-order valence-electron chi connectivity index (χ1n) is 8.06. The van der Waals surface area contributed by atoms with E-state index in [0.29, 0.717) is 18.0 Å². The Morgan fingerprint density at radius 1 is 1.24 bits per heavy atom. The summed E-state index contributed by atoms with van der Waals surface area (Å²) in [5.41, 5.74) is 7.31. The normalized spacial score (nSPS) is 26.1. The Morgan fingerprint density at radius 2 is 2.00 bits per heavy atom. The van der Waals surface area contributed by atoms with Gasteiger partial charge in [0.15, 0.2) is 11.5 Å². The molecule has 2 aliphatic heterocycles. The molecule has 1 saturated heterocycles. The van der Waals surface area contributed by atoms with Crippen molar-refractivity contribution in [2.75, 3.05) is 26.3 Å². The maximum atomic E-state index is 6.00. The summed E-state index contributed by atoms with van der Waals surface area (Å²) in [6.07, 6.45) is 2.12. The zero-order chi connectivity index (χ0) is 14.8. The molecule has 2 heterocycles. The molecule has 2 atom stereocenters. The van der Waals surface area contributed by atoms with Gasteiger partial charge in [0.25, 0.3) is 0 Å². The lowest BCUT2D eigenvalue weighted by Gasteiger charge is -2.31. The first kappa shape index (κ1) is 14.7. The molecule has 1 fully saturated rings. The second-order valence-electron chi connectivity index (χ2n) is 6.32. The summed E-state index contributed by atoms with van der Waals surface area (Å²) in [7, 11) is 0. The van der Waals surface area contributed by atoms with Gasteiger partial charge in [0.2, 0.25) is 0 Å². The standard InChI is InChI=1S/C17H26N2O2/c1-12(2)19-7-6-14(11-18)17(19)13-4-5-15-16(10-13)21-9-3-8-20-15/h4-5,10,12,14,17H,3,6-9,11,18H2,1-2H3. The molecule has 0 saturated carbocycles. The van der Waals surface area contributed by atoms with Crippen molar-refractivity contribution in [1.29, 1.82) is 0 Å². The monoisotopic (exact) mass is 290 g/mol. The van der Waals surface area contributed by atoms with E-state index in [0.717, 1.165) is 44.2 Å². The van der Waals surface area contributed by atoms with Crippen LogP contribution in [-0.4, -0.2) is 37.2 Å². The molecule has 0 spiro atoms. The van der Waals surface area contributed by atoms with Gasteiger partial charge in [0.1, 0.15) is 0 Å². The van der Waals surface area contributed by atoms with Crippen LogP contribution in [0.4, 0.5) is 0 Å². The van der Waals surface area contributed by atoms with Crippen LogP contribution in [0.5, 0.6) is 11.5 Å². The fourth-order valence-corrected chi connectivity index (χ4v) is 3.54. The summed E-state index contributed by atoms with van der Waals surface area (Å²) >= 11 is 0. The highest BCUT2D eigenvalue weighted by atomic mass is 16.5. The van der Waals surface area contributed by atoms with Gasteiger partial charge in [-0.25, -0.2) is 0 Å². The van der Waals surface area contributed by atoms with Crippen LogP contribution in [-0.2, 0) is 0 Å². The molecule has 0 amide bonds. The molecule has 116 valence electrons. The number of fused-ring (bicyclic) bond motifs is 1. The highest BCUT2D eigenvalue weighted by Crippen LogP contribution is 2.41. The summed E-state index contributed by atoms with van der Waals surface area (Å²) in [5, 5.41) is 0. The van der Waals surface area contributed by atoms with Gasteiger partial charge in [-0.1, -0.05) is 6.07 Å².